The van der Waals surface area contributed by atoms with Gasteiger partial charge in [-0.1, -0.05) is 121 Å². The zero-order chi connectivity index (χ0) is 37.8. The number of carbonyl (C=O) groups is 4. The number of carboxylic acid groups (broad SMARTS) is 4. The molecule has 0 heterocycles. The van der Waals surface area contributed by atoms with Crippen molar-refractivity contribution < 1.29 is 39.6 Å². The van der Waals surface area contributed by atoms with Crippen LogP contribution in [0.4, 0.5) is 5.69 Å². The maximum Gasteiger partial charge on any atom is 0.303 e. The third-order valence-corrected chi connectivity index (χ3v) is 11.6. The van der Waals surface area contributed by atoms with Gasteiger partial charge in [0.05, 0.1) is 10.6 Å². The molecule has 0 aliphatic rings. The van der Waals surface area contributed by atoms with Crippen LogP contribution in [0.2, 0.25) is 0 Å². The lowest BCUT2D eigenvalue weighted by molar-refractivity contribution is -0.138. The van der Waals surface area contributed by atoms with E-state index in [1.165, 1.54) is 5.69 Å². The van der Waals surface area contributed by atoms with E-state index in [0.717, 1.165) is 128 Å². The molecule has 11 heteroatoms. The largest absolute Gasteiger partial charge is 0.481 e. The van der Waals surface area contributed by atoms with Crippen molar-refractivity contribution in [3.63, 3.8) is 0 Å². The van der Waals surface area contributed by atoms with E-state index in [1.54, 1.807) is 0 Å². The van der Waals surface area contributed by atoms with Crippen LogP contribution in [0.25, 0.3) is 0 Å². The van der Waals surface area contributed by atoms with Crippen LogP contribution in [0.3, 0.4) is 0 Å². The number of hydrogen-bond donors (Lipinski definition) is 4. The molecule has 0 aliphatic heterocycles. The van der Waals surface area contributed by atoms with Crippen molar-refractivity contribution in [2.75, 3.05) is 4.90 Å². The Kier molecular flexibility index (Phi) is 25.9. The zero-order valence-electron chi connectivity index (χ0n) is 31.2. The van der Waals surface area contributed by atoms with E-state index in [4.69, 9.17) is 20.4 Å². The van der Waals surface area contributed by atoms with Crippen LogP contribution in [0.5, 0.6) is 0 Å². The van der Waals surface area contributed by atoms with Crippen LogP contribution in [-0.4, -0.2) is 54.9 Å². The summed E-state index contributed by atoms with van der Waals surface area (Å²) in [7, 11) is 6.59. The van der Waals surface area contributed by atoms with Gasteiger partial charge in [-0.3, -0.25) is 19.2 Å². The predicted octanol–water partition coefficient (Wildman–Crippen LogP) is 10.9. The standard InChI is InChI=1S/C40H69NO8P2/c42-35(43)26-16-5-1-9-20-30-39(50,31-21-10-2-6-17-27-36(44)45)41(34-24-14-13-15-25-34)40(51,32-22-11-3-7-18-28-37(46)47)33-23-12-4-8-19-29-38(48)49/h13-15,24-25H,1-12,16-23,26-33,50-51H2,(H,42,43)(H,44,45)(H,46,47)(H,48,49). The number of hydrogen-bond acceptors (Lipinski definition) is 5. The van der Waals surface area contributed by atoms with Gasteiger partial charge in [-0.25, -0.2) is 0 Å². The monoisotopic (exact) mass is 753 g/mol. The fourth-order valence-electron chi connectivity index (χ4n) is 7.18. The van der Waals surface area contributed by atoms with Crippen molar-refractivity contribution in [3.05, 3.63) is 30.3 Å². The van der Waals surface area contributed by atoms with E-state index in [2.05, 4.69) is 53.7 Å². The van der Waals surface area contributed by atoms with Crippen LogP contribution in [0.15, 0.2) is 30.3 Å². The van der Waals surface area contributed by atoms with Crippen molar-refractivity contribution in [3.8, 4) is 0 Å². The molecule has 1 aromatic carbocycles. The van der Waals surface area contributed by atoms with Gasteiger partial charge in [0, 0.05) is 31.4 Å². The molecule has 0 aromatic heterocycles. The first-order valence-corrected chi connectivity index (χ1v) is 20.9. The minimum atomic E-state index is -0.738. The molecule has 0 bridgehead atoms. The Morgan fingerprint density at radius 2 is 0.647 bits per heavy atom. The molecule has 0 amide bonds. The molecule has 1 aromatic rings. The molecule has 2 unspecified atom stereocenters. The molecule has 9 nitrogen and oxygen atoms in total. The summed E-state index contributed by atoms with van der Waals surface area (Å²) < 4.78 is 0. The highest BCUT2D eigenvalue weighted by Gasteiger charge is 2.42. The summed E-state index contributed by atoms with van der Waals surface area (Å²) in [5.74, 6) is -2.95. The Morgan fingerprint density at radius 3 is 0.902 bits per heavy atom. The number of unbranched alkanes of at least 4 members (excludes halogenated alkanes) is 16. The number of nitrogens with zero attached hydrogens (tertiary/aromatic N) is 1. The SMILES string of the molecule is O=C(O)CCCCCCCC(P)(CCCCCCCC(=O)O)N(c1ccccc1)C(P)(CCCCCCCC(=O)O)CCCCCCCC(=O)O. The van der Waals surface area contributed by atoms with Gasteiger partial charge >= 0.3 is 23.9 Å². The lowest BCUT2D eigenvalue weighted by atomic mass is 9.91. The van der Waals surface area contributed by atoms with E-state index < -0.39 is 23.9 Å². The predicted molar refractivity (Wildman–Crippen MR) is 214 cm³/mol. The highest BCUT2D eigenvalue weighted by molar-refractivity contribution is 7.21. The Hall–Kier alpha value is -2.24. The lowest BCUT2D eigenvalue weighted by Crippen LogP contribution is -2.55. The second-order valence-electron chi connectivity index (χ2n) is 14.5. The maximum absolute atomic E-state index is 11.0. The van der Waals surface area contributed by atoms with E-state index >= 15 is 0 Å². The molecule has 4 N–H and O–H groups in total. The molecular formula is C40H69NO8P2. The zero-order valence-corrected chi connectivity index (χ0v) is 33.5. The second kappa shape index (κ2) is 28.3. The molecule has 51 heavy (non-hydrogen) atoms. The minimum absolute atomic E-state index is 0.219. The number of aliphatic carboxylic acids is 4. The highest BCUT2D eigenvalue weighted by atomic mass is 31.0. The van der Waals surface area contributed by atoms with E-state index in [1.807, 2.05) is 0 Å². The van der Waals surface area contributed by atoms with Gasteiger partial charge in [0.2, 0.25) is 0 Å². The Morgan fingerprint density at radius 1 is 0.412 bits per heavy atom. The number of carboxylic acids is 4. The fraction of sp³-hybridized carbons (Fsp3) is 0.750. The normalized spacial score (nSPS) is 11.8. The number of benzene rings is 1. The van der Waals surface area contributed by atoms with Crippen LogP contribution in [0, 0.1) is 0 Å². The summed E-state index contributed by atoms with van der Waals surface area (Å²) in [5.41, 5.74) is 1.19. The summed E-state index contributed by atoms with van der Waals surface area (Å²) in [6, 6.07) is 10.7. The molecule has 0 saturated heterocycles. The van der Waals surface area contributed by atoms with Gasteiger partial charge in [0.15, 0.2) is 0 Å². The molecule has 0 spiro atoms. The molecule has 0 saturated carbocycles. The first-order valence-electron chi connectivity index (χ1n) is 19.7. The Balaban J connectivity index is 3.24. The third-order valence-electron chi connectivity index (χ3n) is 9.91. The summed E-state index contributed by atoms with van der Waals surface area (Å²) >= 11 is 0. The lowest BCUT2D eigenvalue weighted by Gasteiger charge is -2.54. The molecule has 0 aliphatic carbocycles. The molecule has 292 valence electrons. The smallest absolute Gasteiger partial charge is 0.303 e. The quantitative estimate of drug-likeness (QED) is 0.0392. The van der Waals surface area contributed by atoms with Crippen LogP contribution in [-0.2, 0) is 19.2 Å². The van der Waals surface area contributed by atoms with Crippen LogP contribution >= 0.6 is 18.5 Å². The summed E-state index contributed by atoms with van der Waals surface area (Å²) in [5, 5.41) is 35.7. The molecule has 0 radical (unpaired) electrons. The van der Waals surface area contributed by atoms with Gasteiger partial charge in [-0.2, -0.15) is 0 Å². The third kappa shape index (κ3) is 23.1. The van der Waals surface area contributed by atoms with Crippen molar-refractivity contribution in [2.45, 2.75) is 190 Å². The van der Waals surface area contributed by atoms with Crippen molar-refractivity contribution in [2.24, 2.45) is 0 Å². The van der Waals surface area contributed by atoms with Gasteiger partial charge in [-0.15, -0.1) is 18.5 Å². The van der Waals surface area contributed by atoms with E-state index in [0.29, 0.717) is 25.7 Å². The average molecular weight is 754 g/mol. The number of para-hydroxylation sites is 1. The number of anilines is 1. The van der Waals surface area contributed by atoms with E-state index in [-0.39, 0.29) is 36.2 Å². The summed E-state index contributed by atoms with van der Waals surface area (Å²) in [4.78, 5) is 46.6. The molecule has 1 rings (SSSR count). The van der Waals surface area contributed by atoms with Gasteiger partial charge in [0.1, 0.15) is 0 Å². The van der Waals surface area contributed by atoms with Crippen molar-refractivity contribution in [1.82, 2.24) is 0 Å². The Labute approximate surface area is 312 Å². The topological polar surface area (TPSA) is 152 Å². The summed E-state index contributed by atoms with van der Waals surface area (Å²) in [6.45, 7) is 0. The van der Waals surface area contributed by atoms with Crippen LogP contribution in [0.1, 0.15) is 180 Å². The van der Waals surface area contributed by atoms with Gasteiger partial charge in [-0.05, 0) is 63.5 Å². The first-order chi connectivity index (χ1) is 24.4. The van der Waals surface area contributed by atoms with Crippen LogP contribution < -0.4 is 4.90 Å². The minimum Gasteiger partial charge on any atom is -0.481 e. The van der Waals surface area contributed by atoms with Gasteiger partial charge < -0.3 is 25.3 Å². The highest BCUT2D eigenvalue weighted by Crippen LogP contribution is 2.49. The second-order valence-corrected chi connectivity index (χ2v) is 16.7. The van der Waals surface area contributed by atoms with Gasteiger partial charge in [0.25, 0.3) is 0 Å². The number of rotatable bonds is 35. The molecule has 0 fully saturated rings. The van der Waals surface area contributed by atoms with Crippen molar-refractivity contribution >= 4 is 48.0 Å². The summed E-state index contributed by atoms with van der Waals surface area (Å²) in [6.07, 6.45) is 23.7. The first kappa shape index (κ1) is 46.8. The fourth-order valence-corrected chi connectivity index (χ4v) is 8.96. The molecular weight excluding hydrogens is 684 g/mol. The Bertz CT molecular complexity index is 981. The average Bonchev–Trinajstić information content (AvgIpc) is 3.06. The maximum atomic E-state index is 11.0. The van der Waals surface area contributed by atoms with E-state index in [9.17, 15) is 19.2 Å². The van der Waals surface area contributed by atoms with Crippen molar-refractivity contribution in [1.29, 1.82) is 0 Å². The molecule has 2 atom stereocenters.